The maximum absolute atomic E-state index is 12.5. The second-order valence-electron chi connectivity index (χ2n) is 7.03. The number of ether oxygens (including phenoxy) is 1. The van der Waals surface area contributed by atoms with E-state index in [4.69, 9.17) is 16.3 Å². The topological polar surface area (TPSA) is 58.6 Å². The number of benzene rings is 1. The van der Waals surface area contributed by atoms with E-state index in [0.717, 1.165) is 0 Å². The molecule has 1 aromatic rings. The number of amides is 2. The summed E-state index contributed by atoms with van der Waals surface area (Å²) in [6.07, 6.45) is 0. The predicted octanol–water partition coefficient (Wildman–Crippen LogP) is 2.87. The summed E-state index contributed by atoms with van der Waals surface area (Å²) in [6, 6.07) is 6.78. The maximum Gasteiger partial charge on any atom is 0.266 e. The van der Waals surface area contributed by atoms with Gasteiger partial charge in [-0.2, -0.15) is 0 Å². The van der Waals surface area contributed by atoms with Gasteiger partial charge >= 0.3 is 0 Å². The molecule has 0 aromatic heterocycles. The molecule has 0 spiro atoms. The Labute approximate surface area is 142 Å². The highest BCUT2D eigenvalue weighted by molar-refractivity contribution is 6.30. The average Bonchev–Trinajstić information content (AvgIpc) is 2.38. The van der Waals surface area contributed by atoms with E-state index in [1.807, 2.05) is 20.8 Å². The molecule has 2 amide bonds. The van der Waals surface area contributed by atoms with E-state index >= 15 is 0 Å². The summed E-state index contributed by atoms with van der Waals surface area (Å²) in [4.78, 5) is 25.8. The van der Waals surface area contributed by atoms with Crippen LogP contribution in [0.15, 0.2) is 24.3 Å². The van der Waals surface area contributed by atoms with Crippen LogP contribution in [0, 0.1) is 0 Å². The van der Waals surface area contributed by atoms with Crippen molar-refractivity contribution in [1.82, 2.24) is 10.2 Å². The molecule has 23 heavy (non-hydrogen) atoms. The zero-order valence-corrected chi connectivity index (χ0v) is 15.3. The van der Waals surface area contributed by atoms with E-state index in [9.17, 15) is 9.59 Å². The minimum Gasteiger partial charge on any atom is -0.478 e. The molecule has 0 unspecified atom stereocenters. The van der Waals surface area contributed by atoms with Crippen molar-refractivity contribution in [3.05, 3.63) is 29.3 Å². The van der Waals surface area contributed by atoms with Gasteiger partial charge in [0.05, 0.1) is 6.54 Å². The minimum atomic E-state index is -1.09. The van der Waals surface area contributed by atoms with E-state index in [1.54, 1.807) is 45.2 Å². The second-order valence-corrected chi connectivity index (χ2v) is 7.46. The van der Waals surface area contributed by atoms with Gasteiger partial charge in [0.15, 0.2) is 5.60 Å². The average molecular weight is 341 g/mol. The molecule has 128 valence electrons. The minimum absolute atomic E-state index is 0.0243. The summed E-state index contributed by atoms with van der Waals surface area (Å²) in [5, 5.41) is 3.42. The molecule has 0 fully saturated rings. The van der Waals surface area contributed by atoms with Crippen LogP contribution >= 0.6 is 11.6 Å². The van der Waals surface area contributed by atoms with Crippen LogP contribution in [-0.4, -0.2) is 41.4 Å². The van der Waals surface area contributed by atoms with E-state index in [0.29, 0.717) is 10.8 Å². The second kappa shape index (κ2) is 7.21. The molecule has 6 heteroatoms. The summed E-state index contributed by atoms with van der Waals surface area (Å²) in [7, 11) is 1.58. The van der Waals surface area contributed by atoms with Crippen molar-refractivity contribution in [2.75, 3.05) is 13.6 Å². The van der Waals surface area contributed by atoms with Crippen LogP contribution in [0.1, 0.15) is 34.6 Å². The first kappa shape index (κ1) is 19.3. The van der Waals surface area contributed by atoms with Gasteiger partial charge in [-0.15, -0.1) is 0 Å². The lowest BCUT2D eigenvalue weighted by molar-refractivity contribution is -0.146. The number of carbonyl (C=O) groups excluding carboxylic acids is 2. The summed E-state index contributed by atoms with van der Waals surface area (Å²) in [6.45, 7) is 8.98. The molecular weight excluding hydrogens is 316 g/mol. The van der Waals surface area contributed by atoms with Crippen molar-refractivity contribution < 1.29 is 14.3 Å². The van der Waals surface area contributed by atoms with Crippen LogP contribution in [0.2, 0.25) is 5.02 Å². The van der Waals surface area contributed by atoms with Gasteiger partial charge in [-0.25, -0.2) is 0 Å². The Bertz CT molecular complexity index is 562. The molecule has 5 nitrogen and oxygen atoms in total. The molecule has 1 N–H and O–H groups in total. The van der Waals surface area contributed by atoms with Gasteiger partial charge in [0.1, 0.15) is 5.75 Å². The van der Waals surface area contributed by atoms with Crippen LogP contribution in [0.4, 0.5) is 0 Å². The summed E-state index contributed by atoms with van der Waals surface area (Å²) < 4.78 is 5.74. The van der Waals surface area contributed by atoms with Crippen molar-refractivity contribution in [1.29, 1.82) is 0 Å². The van der Waals surface area contributed by atoms with E-state index in [-0.39, 0.29) is 23.9 Å². The Morgan fingerprint density at radius 1 is 1.13 bits per heavy atom. The molecule has 0 saturated heterocycles. The van der Waals surface area contributed by atoms with Crippen LogP contribution in [0.5, 0.6) is 5.75 Å². The highest BCUT2D eigenvalue weighted by Gasteiger charge is 2.33. The highest BCUT2D eigenvalue weighted by Crippen LogP contribution is 2.22. The van der Waals surface area contributed by atoms with E-state index < -0.39 is 5.60 Å². The lowest BCUT2D eigenvalue weighted by Gasteiger charge is -2.30. The van der Waals surface area contributed by atoms with Crippen LogP contribution in [0.25, 0.3) is 0 Å². The largest absolute Gasteiger partial charge is 0.478 e. The number of hydrogen-bond donors (Lipinski definition) is 1. The number of nitrogens with one attached hydrogen (secondary N) is 1. The number of halogens is 1. The van der Waals surface area contributed by atoms with Gasteiger partial charge in [-0.3, -0.25) is 9.59 Å². The summed E-state index contributed by atoms with van der Waals surface area (Å²) in [5.74, 6) is 0.0486. The van der Waals surface area contributed by atoms with Crippen molar-refractivity contribution >= 4 is 23.4 Å². The summed E-state index contributed by atoms with van der Waals surface area (Å²) >= 11 is 5.83. The fourth-order valence-electron chi connectivity index (χ4n) is 2.05. The highest BCUT2D eigenvalue weighted by atomic mass is 35.5. The Balaban J connectivity index is 2.69. The first-order chi connectivity index (χ1) is 10.4. The van der Waals surface area contributed by atoms with Crippen molar-refractivity contribution in [2.24, 2.45) is 0 Å². The third-order valence-corrected chi connectivity index (χ3v) is 3.20. The van der Waals surface area contributed by atoms with Crippen LogP contribution in [0.3, 0.4) is 0 Å². The number of rotatable bonds is 5. The Morgan fingerprint density at radius 2 is 1.65 bits per heavy atom. The van der Waals surface area contributed by atoms with Gasteiger partial charge in [0.2, 0.25) is 5.91 Å². The first-order valence-corrected chi connectivity index (χ1v) is 7.80. The quantitative estimate of drug-likeness (QED) is 0.896. The molecule has 1 rings (SSSR count). The van der Waals surface area contributed by atoms with Crippen LogP contribution < -0.4 is 10.1 Å². The monoisotopic (exact) mass is 340 g/mol. The predicted molar refractivity (Wildman–Crippen MR) is 91.7 cm³/mol. The number of carbonyl (C=O) groups is 2. The van der Waals surface area contributed by atoms with E-state index in [2.05, 4.69) is 5.32 Å². The molecule has 0 heterocycles. The van der Waals surface area contributed by atoms with Gasteiger partial charge in [0, 0.05) is 17.6 Å². The van der Waals surface area contributed by atoms with E-state index in [1.165, 1.54) is 4.90 Å². The zero-order valence-electron chi connectivity index (χ0n) is 14.6. The molecule has 0 saturated carbocycles. The fraction of sp³-hybridized carbons (Fsp3) is 0.529. The molecule has 0 radical (unpaired) electrons. The van der Waals surface area contributed by atoms with Gasteiger partial charge in [-0.05, 0) is 58.9 Å². The lowest BCUT2D eigenvalue weighted by atomic mass is 10.1. The lowest BCUT2D eigenvalue weighted by Crippen LogP contribution is -2.52. The molecular formula is C17H25ClN2O3. The van der Waals surface area contributed by atoms with Crippen molar-refractivity contribution in [3.63, 3.8) is 0 Å². The molecule has 0 aliphatic rings. The third kappa shape index (κ3) is 6.48. The Hall–Kier alpha value is -1.75. The number of nitrogens with zero attached hydrogens (tertiary/aromatic N) is 1. The Kier molecular flexibility index (Phi) is 6.05. The smallest absolute Gasteiger partial charge is 0.266 e. The van der Waals surface area contributed by atoms with Crippen molar-refractivity contribution in [2.45, 2.75) is 45.8 Å². The van der Waals surface area contributed by atoms with Crippen molar-refractivity contribution in [3.8, 4) is 5.75 Å². The van der Waals surface area contributed by atoms with Crippen LogP contribution in [-0.2, 0) is 9.59 Å². The summed E-state index contributed by atoms with van der Waals surface area (Å²) in [5.41, 5.74) is -1.43. The number of hydrogen-bond acceptors (Lipinski definition) is 3. The molecule has 0 aliphatic heterocycles. The standard InChI is InChI=1S/C17H25ClN2O3/c1-16(2,3)19-14(21)11-20(6)15(22)17(4,5)23-13-9-7-12(18)8-10-13/h7-10H,11H2,1-6H3,(H,19,21). The Morgan fingerprint density at radius 3 is 2.13 bits per heavy atom. The molecule has 0 bridgehead atoms. The zero-order chi connectivity index (χ0) is 17.8. The fourth-order valence-corrected chi connectivity index (χ4v) is 2.17. The third-order valence-electron chi connectivity index (χ3n) is 2.94. The molecule has 1 aromatic carbocycles. The molecule has 0 atom stereocenters. The van der Waals surface area contributed by atoms with Gasteiger partial charge in [0.25, 0.3) is 5.91 Å². The number of likely N-dealkylation sites (N-methyl/N-ethyl adjacent to an activating group) is 1. The first-order valence-electron chi connectivity index (χ1n) is 7.42. The molecule has 0 aliphatic carbocycles. The van der Waals surface area contributed by atoms with Gasteiger partial charge in [-0.1, -0.05) is 11.6 Å². The maximum atomic E-state index is 12.5. The van der Waals surface area contributed by atoms with Gasteiger partial charge < -0.3 is 15.0 Å². The SMILES string of the molecule is CN(CC(=O)NC(C)(C)C)C(=O)C(C)(C)Oc1ccc(Cl)cc1. The normalized spacial score (nSPS) is 11.8.